The summed E-state index contributed by atoms with van der Waals surface area (Å²) in [7, 11) is 0. The summed E-state index contributed by atoms with van der Waals surface area (Å²) in [6, 6.07) is 0. The molecule has 1 rings (SSSR count). The Bertz CT molecular complexity index is 410. The van der Waals surface area contributed by atoms with Crippen LogP contribution in [0.4, 0.5) is 13.2 Å². The maximum absolute atomic E-state index is 13.1. The molecule has 4 nitrogen and oxygen atoms in total. The molecule has 0 fully saturated rings. The number of pyridine rings is 1. The number of nitrogens with two attached hydrogens (primary N) is 1. The van der Waals surface area contributed by atoms with E-state index in [0.29, 0.717) is 6.20 Å². The zero-order valence-corrected chi connectivity index (χ0v) is 8.08. The Balaban J connectivity index is 3.34. The molecule has 0 aliphatic rings. The van der Waals surface area contributed by atoms with Gasteiger partial charge < -0.3 is 10.8 Å². The molecule has 1 aromatic rings. The second-order valence-electron chi connectivity index (χ2n) is 3.04. The fourth-order valence-electron chi connectivity index (χ4n) is 1.34. The van der Waals surface area contributed by atoms with Crippen LogP contribution >= 0.6 is 0 Å². The van der Waals surface area contributed by atoms with Crippen molar-refractivity contribution in [3.8, 4) is 0 Å². The molecule has 88 valence electrons. The highest BCUT2D eigenvalue weighted by atomic mass is 19.3. The molecule has 3 N–H and O–H groups in total. The van der Waals surface area contributed by atoms with Crippen LogP contribution in [-0.2, 0) is 17.8 Å². The molecule has 7 heteroatoms. The van der Waals surface area contributed by atoms with Crippen molar-refractivity contribution >= 4 is 5.97 Å². The molecule has 1 aromatic heterocycles. The van der Waals surface area contributed by atoms with E-state index in [0.717, 1.165) is 0 Å². The maximum Gasteiger partial charge on any atom is 0.307 e. The van der Waals surface area contributed by atoms with E-state index in [4.69, 9.17) is 10.8 Å². The summed E-state index contributed by atoms with van der Waals surface area (Å²) in [5, 5.41) is 8.56. The van der Waals surface area contributed by atoms with Gasteiger partial charge in [0.15, 0.2) is 0 Å². The quantitative estimate of drug-likeness (QED) is 0.768. The first-order valence-electron chi connectivity index (χ1n) is 4.33. The largest absolute Gasteiger partial charge is 0.481 e. The van der Waals surface area contributed by atoms with Gasteiger partial charge in [0.2, 0.25) is 5.95 Å². The van der Waals surface area contributed by atoms with Crippen LogP contribution in [0.15, 0.2) is 6.20 Å². The summed E-state index contributed by atoms with van der Waals surface area (Å²) < 4.78 is 38.2. The van der Waals surface area contributed by atoms with Crippen molar-refractivity contribution in [2.75, 3.05) is 0 Å². The zero-order valence-electron chi connectivity index (χ0n) is 8.08. The van der Waals surface area contributed by atoms with Gasteiger partial charge in [-0.2, -0.15) is 4.39 Å². The highest BCUT2D eigenvalue weighted by Gasteiger charge is 2.21. The van der Waals surface area contributed by atoms with E-state index in [2.05, 4.69) is 4.98 Å². The Labute approximate surface area is 88.9 Å². The third-order valence-electron chi connectivity index (χ3n) is 2.05. The second-order valence-corrected chi connectivity index (χ2v) is 3.04. The Hall–Kier alpha value is -1.63. The fourth-order valence-corrected chi connectivity index (χ4v) is 1.34. The highest BCUT2D eigenvalue weighted by molar-refractivity contribution is 5.71. The molecule has 0 aromatic carbocycles. The average Bonchev–Trinajstić information content (AvgIpc) is 2.16. The lowest BCUT2D eigenvalue weighted by molar-refractivity contribution is -0.136. The van der Waals surface area contributed by atoms with Crippen LogP contribution in [0.3, 0.4) is 0 Å². The first-order chi connectivity index (χ1) is 7.47. The molecule has 0 atom stereocenters. The van der Waals surface area contributed by atoms with Gasteiger partial charge in [0.25, 0.3) is 6.43 Å². The van der Waals surface area contributed by atoms with Gasteiger partial charge in [-0.25, -0.2) is 13.8 Å². The number of carbonyl (C=O) groups is 1. The van der Waals surface area contributed by atoms with E-state index < -0.39 is 30.3 Å². The van der Waals surface area contributed by atoms with Gasteiger partial charge in [0, 0.05) is 23.9 Å². The van der Waals surface area contributed by atoms with Crippen LogP contribution < -0.4 is 5.73 Å². The van der Waals surface area contributed by atoms with Crippen molar-refractivity contribution in [2.24, 2.45) is 5.73 Å². The number of rotatable bonds is 4. The topological polar surface area (TPSA) is 76.2 Å². The summed E-state index contributed by atoms with van der Waals surface area (Å²) >= 11 is 0. The minimum Gasteiger partial charge on any atom is -0.481 e. The van der Waals surface area contributed by atoms with Crippen molar-refractivity contribution < 1.29 is 23.1 Å². The SMILES string of the molecule is NCc1c(F)ncc(C(F)F)c1CC(=O)O. The van der Waals surface area contributed by atoms with Gasteiger partial charge in [-0.05, 0) is 5.56 Å². The lowest BCUT2D eigenvalue weighted by Crippen LogP contribution is -2.13. The standard InChI is InChI=1S/C9H9F3N2O2/c10-8(11)6-3-14-9(12)5(2-13)4(6)1-7(15)16/h3,8H,1-2,13H2,(H,15,16). The number of aromatic nitrogens is 1. The monoisotopic (exact) mass is 234 g/mol. The number of hydrogen-bond donors (Lipinski definition) is 2. The lowest BCUT2D eigenvalue weighted by atomic mass is 10.0. The minimum atomic E-state index is -2.91. The maximum atomic E-state index is 13.1. The van der Waals surface area contributed by atoms with Gasteiger partial charge in [-0.15, -0.1) is 0 Å². The molecule has 0 saturated heterocycles. The number of nitrogens with zero attached hydrogens (tertiary/aromatic N) is 1. The van der Waals surface area contributed by atoms with E-state index in [1.807, 2.05) is 0 Å². The molecule has 1 heterocycles. The van der Waals surface area contributed by atoms with E-state index in [9.17, 15) is 18.0 Å². The van der Waals surface area contributed by atoms with Gasteiger partial charge in [-0.3, -0.25) is 4.79 Å². The lowest BCUT2D eigenvalue weighted by Gasteiger charge is -2.11. The van der Waals surface area contributed by atoms with Crippen molar-refractivity contribution in [3.05, 3.63) is 28.8 Å². The van der Waals surface area contributed by atoms with E-state index in [1.165, 1.54) is 0 Å². The molecular weight excluding hydrogens is 225 g/mol. The Kier molecular flexibility index (Phi) is 3.83. The van der Waals surface area contributed by atoms with E-state index in [-0.39, 0.29) is 17.7 Å². The number of halogens is 3. The van der Waals surface area contributed by atoms with Crippen molar-refractivity contribution in [2.45, 2.75) is 19.4 Å². The molecule has 0 saturated carbocycles. The predicted octanol–water partition coefficient (Wildman–Crippen LogP) is 1.24. The molecule has 0 radical (unpaired) electrons. The highest BCUT2D eigenvalue weighted by Crippen LogP contribution is 2.26. The Morgan fingerprint density at radius 2 is 2.12 bits per heavy atom. The molecule has 0 spiro atoms. The second kappa shape index (κ2) is 4.93. The smallest absolute Gasteiger partial charge is 0.307 e. The first kappa shape index (κ1) is 12.4. The molecule has 0 aliphatic carbocycles. The van der Waals surface area contributed by atoms with E-state index >= 15 is 0 Å². The summed E-state index contributed by atoms with van der Waals surface area (Å²) in [5.41, 5.74) is 4.01. The molecule has 0 aliphatic heterocycles. The van der Waals surface area contributed by atoms with Crippen molar-refractivity contribution in [3.63, 3.8) is 0 Å². The van der Waals surface area contributed by atoms with Crippen molar-refractivity contribution in [1.29, 1.82) is 0 Å². The summed E-state index contributed by atoms with van der Waals surface area (Å²) in [4.78, 5) is 13.6. The predicted molar refractivity (Wildman–Crippen MR) is 48.4 cm³/mol. The van der Waals surface area contributed by atoms with Gasteiger partial charge in [0.05, 0.1) is 6.42 Å². The number of alkyl halides is 2. The molecule has 0 unspecified atom stereocenters. The fraction of sp³-hybridized carbons (Fsp3) is 0.333. The third kappa shape index (κ3) is 2.48. The molecule has 0 amide bonds. The summed E-state index contributed by atoms with van der Waals surface area (Å²) in [6.45, 7) is -0.373. The van der Waals surface area contributed by atoms with E-state index in [1.54, 1.807) is 0 Å². The van der Waals surface area contributed by atoms with Gasteiger partial charge >= 0.3 is 5.97 Å². The summed E-state index contributed by atoms with van der Waals surface area (Å²) in [5.74, 6) is -2.34. The van der Waals surface area contributed by atoms with Gasteiger partial charge in [-0.1, -0.05) is 0 Å². The number of aliphatic carboxylic acids is 1. The Morgan fingerprint density at radius 3 is 2.56 bits per heavy atom. The van der Waals surface area contributed by atoms with Gasteiger partial charge in [0.1, 0.15) is 0 Å². The first-order valence-corrected chi connectivity index (χ1v) is 4.33. The van der Waals surface area contributed by atoms with Crippen LogP contribution in [0.5, 0.6) is 0 Å². The third-order valence-corrected chi connectivity index (χ3v) is 2.05. The number of hydrogen-bond acceptors (Lipinski definition) is 3. The molecule has 0 bridgehead atoms. The van der Waals surface area contributed by atoms with Crippen LogP contribution in [0, 0.1) is 5.95 Å². The number of carboxylic acid groups (broad SMARTS) is 1. The summed E-state index contributed by atoms with van der Waals surface area (Å²) in [6.07, 6.45) is -2.98. The Morgan fingerprint density at radius 1 is 1.50 bits per heavy atom. The van der Waals surface area contributed by atoms with Crippen LogP contribution in [0.2, 0.25) is 0 Å². The normalized spacial score (nSPS) is 10.8. The minimum absolute atomic E-state index is 0.278. The van der Waals surface area contributed by atoms with Crippen LogP contribution in [0.25, 0.3) is 0 Å². The van der Waals surface area contributed by atoms with Crippen LogP contribution in [-0.4, -0.2) is 16.1 Å². The molecule has 16 heavy (non-hydrogen) atoms. The number of carboxylic acids is 1. The average molecular weight is 234 g/mol. The zero-order chi connectivity index (χ0) is 12.3. The molecular formula is C9H9F3N2O2. The van der Waals surface area contributed by atoms with Crippen LogP contribution in [0.1, 0.15) is 23.1 Å². The van der Waals surface area contributed by atoms with Crippen molar-refractivity contribution in [1.82, 2.24) is 4.98 Å².